The van der Waals surface area contributed by atoms with Gasteiger partial charge in [-0.2, -0.15) is 5.26 Å². The molecule has 0 aliphatic carbocycles. The van der Waals surface area contributed by atoms with Crippen LogP contribution in [0.15, 0.2) is 30.3 Å². The normalized spacial score (nSPS) is 9.96. The summed E-state index contributed by atoms with van der Waals surface area (Å²) in [7, 11) is 0. The van der Waals surface area contributed by atoms with Gasteiger partial charge in [0.05, 0.1) is 11.6 Å². The topological polar surface area (TPSA) is 108 Å². The van der Waals surface area contributed by atoms with Crippen molar-refractivity contribution in [3.63, 3.8) is 0 Å². The summed E-state index contributed by atoms with van der Waals surface area (Å²) < 4.78 is 5.25. The molecule has 0 saturated carbocycles. The first kappa shape index (κ1) is 20.1. The highest BCUT2D eigenvalue weighted by molar-refractivity contribution is 7.12. The standard InChI is InChI=1S/C19H19N3O4S/c1-12-9-16(13(2)27-12)17(23)7-8-18(24)21-22-19(25)11-26-15-5-3-14(10-20)4-6-15/h3-6,9H,7-8,11H2,1-2H3,(H,21,24)(H,22,25). The van der Waals surface area contributed by atoms with E-state index in [1.165, 1.54) is 0 Å². The van der Waals surface area contributed by atoms with Crippen molar-refractivity contribution < 1.29 is 19.1 Å². The maximum absolute atomic E-state index is 12.1. The Labute approximate surface area is 160 Å². The number of hydrazine groups is 1. The first-order chi connectivity index (χ1) is 12.9. The maximum Gasteiger partial charge on any atom is 0.276 e. The molecule has 140 valence electrons. The summed E-state index contributed by atoms with van der Waals surface area (Å²) in [6.45, 7) is 3.51. The van der Waals surface area contributed by atoms with Gasteiger partial charge in [-0.05, 0) is 44.2 Å². The molecule has 0 bridgehead atoms. The van der Waals surface area contributed by atoms with Crippen LogP contribution in [0.4, 0.5) is 0 Å². The summed E-state index contributed by atoms with van der Waals surface area (Å²) in [5.41, 5.74) is 5.61. The Hall–Kier alpha value is -3.18. The summed E-state index contributed by atoms with van der Waals surface area (Å²) in [5, 5.41) is 8.71. The van der Waals surface area contributed by atoms with Gasteiger partial charge in [-0.3, -0.25) is 25.2 Å². The summed E-state index contributed by atoms with van der Waals surface area (Å²) in [6.07, 6.45) is 0.0460. The Morgan fingerprint density at radius 3 is 2.33 bits per heavy atom. The Bertz CT molecular complexity index is 881. The van der Waals surface area contributed by atoms with Crippen LogP contribution in [0.25, 0.3) is 0 Å². The zero-order chi connectivity index (χ0) is 19.8. The number of carbonyl (C=O) groups excluding carboxylic acids is 3. The summed E-state index contributed by atoms with van der Waals surface area (Å²) in [4.78, 5) is 37.6. The second-order valence-corrected chi connectivity index (χ2v) is 7.23. The van der Waals surface area contributed by atoms with Gasteiger partial charge in [0.2, 0.25) is 5.91 Å². The highest BCUT2D eigenvalue weighted by atomic mass is 32.1. The number of rotatable bonds is 7. The van der Waals surface area contributed by atoms with Gasteiger partial charge >= 0.3 is 0 Å². The molecule has 1 aromatic carbocycles. The number of nitrogens with zero attached hydrogens (tertiary/aromatic N) is 1. The first-order valence-corrected chi connectivity index (χ1v) is 9.01. The van der Waals surface area contributed by atoms with Crippen LogP contribution in [0.5, 0.6) is 5.75 Å². The zero-order valence-corrected chi connectivity index (χ0v) is 15.8. The van der Waals surface area contributed by atoms with E-state index in [1.54, 1.807) is 35.6 Å². The molecule has 0 aliphatic heterocycles. The van der Waals surface area contributed by atoms with Crippen LogP contribution in [0, 0.1) is 25.2 Å². The molecule has 0 spiro atoms. The molecule has 8 heteroatoms. The van der Waals surface area contributed by atoms with Gasteiger partial charge in [-0.15, -0.1) is 11.3 Å². The lowest BCUT2D eigenvalue weighted by Gasteiger charge is -2.08. The van der Waals surface area contributed by atoms with Crippen LogP contribution in [-0.2, 0) is 9.59 Å². The fraction of sp³-hybridized carbons (Fsp3) is 0.263. The van der Waals surface area contributed by atoms with E-state index in [4.69, 9.17) is 10.00 Å². The molecule has 0 unspecified atom stereocenters. The highest BCUT2D eigenvalue weighted by Gasteiger charge is 2.14. The van der Waals surface area contributed by atoms with Crippen LogP contribution < -0.4 is 15.6 Å². The Kier molecular flexibility index (Phi) is 7.08. The van der Waals surface area contributed by atoms with Crippen LogP contribution in [0.3, 0.4) is 0 Å². The van der Waals surface area contributed by atoms with Crippen LogP contribution >= 0.6 is 11.3 Å². The van der Waals surface area contributed by atoms with E-state index in [0.29, 0.717) is 16.9 Å². The van der Waals surface area contributed by atoms with E-state index >= 15 is 0 Å². The summed E-state index contributed by atoms with van der Waals surface area (Å²) in [5.74, 6) is -0.659. The predicted molar refractivity (Wildman–Crippen MR) is 100 cm³/mol. The van der Waals surface area contributed by atoms with E-state index < -0.39 is 11.8 Å². The minimum atomic E-state index is -0.539. The molecule has 0 atom stereocenters. The molecule has 0 saturated heterocycles. The van der Waals surface area contributed by atoms with Crippen molar-refractivity contribution in [3.05, 3.63) is 51.2 Å². The van der Waals surface area contributed by atoms with Gasteiger partial charge in [0, 0.05) is 28.2 Å². The number of carbonyl (C=O) groups is 3. The Morgan fingerprint density at radius 1 is 1.07 bits per heavy atom. The lowest BCUT2D eigenvalue weighted by molar-refractivity contribution is -0.130. The number of ketones is 1. The molecule has 2 amide bonds. The Morgan fingerprint density at radius 2 is 1.74 bits per heavy atom. The van der Waals surface area contributed by atoms with Crippen LogP contribution in [-0.4, -0.2) is 24.2 Å². The molecular weight excluding hydrogens is 366 g/mol. The van der Waals surface area contributed by atoms with E-state index in [0.717, 1.165) is 9.75 Å². The number of hydrogen-bond donors (Lipinski definition) is 2. The van der Waals surface area contributed by atoms with Crippen molar-refractivity contribution in [2.75, 3.05) is 6.61 Å². The summed E-state index contributed by atoms with van der Waals surface area (Å²) in [6, 6.07) is 10.1. The smallest absolute Gasteiger partial charge is 0.276 e. The molecule has 2 rings (SSSR count). The number of Topliss-reactive ketones (excluding diaryl/α,β-unsaturated/α-hetero) is 1. The monoisotopic (exact) mass is 385 g/mol. The van der Waals surface area contributed by atoms with E-state index in [1.807, 2.05) is 26.0 Å². The zero-order valence-electron chi connectivity index (χ0n) is 15.0. The lowest BCUT2D eigenvalue weighted by atomic mass is 10.1. The van der Waals surface area contributed by atoms with Gasteiger partial charge in [0.25, 0.3) is 5.91 Å². The molecule has 0 fully saturated rings. The molecule has 7 nitrogen and oxygen atoms in total. The SMILES string of the molecule is Cc1cc(C(=O)CCC(=O)NNC(=O)COc2ccc(C#N)cc2)c(C)s1. The third-order valence-electron chi connectivity index (χ3n) is 3.62. The van der Waals surface area contributed by atoms with E-state index in [2.05, 4.69) is 10.9 Å². The molecule has 1 aromatic heterocycles. The number of nitriles is 1. The van der Waals surface area contributed by atoms with Crippen molar-refractivity contribution in [2.24, 2.45) is 0 Å². The fourth-order valence-electron chi connectivity index (χ4n) is 2.28. The second kappa shape index (κ2) is 9.50. The van der Waals surface area contributed by atoms with Crippen molar-refractivity contribution >= 4 is 28.9 Å². The quantitative estimate of drug-likeness (QED) is 0.562. The first-order valence-electron chi connectivity index (χ1n) is 8.20. The third kappa shape index (κ3) is 6.24. The van der Waals surface area contributed by atoms with Crippen LogP contribution in [0.1, 0.15) is 38.5 Å². The van der Waals surface area contributed by atoms with Gasteiger partial charge in [-0.25, -0.2) is 0 Å². The Balaban J connectivity index is 1.68. The van der Waals surface area contributed by atoms with Gasteiger partial charge in [-0.1, -0.05) is 0 Å². The third-order valence-corrected chi connectivity index (χ3v) is 4.58. The number of ether oxygens (including phenoxy) is 1. The molecule has 0 aliphatic rings. The number of amides is 2. The molecule has 1 heterocycles. The fourth-order valence-corrected chi connectivity index (χ4v) is 3.22. The van der Waals surface area contributed by atoms with Crippen molar-refractivity contribution in [1.29, 1.82) is 5.26 Å². The largest absolute Gasteiger partial charge is 0.484 e. The molecule has 0 radical (unpaired) electrons. The molecule has 2 aromatic rings. The second-order valence-electron chi connectivity index (χ2n) is 5.77. The average Bonchev–Trinajstić information content (AvgIpc) is 3.01. The molecular formula is C19H19N3O4S. The van der Waals surface area contributed by atoms with Gasteiger partial charge < -0.3 is 4.74 Å². The minimum absolute atomic E-state index is 0.0239. The number of thiophene rings is 1. The van der Waals surface area contributed by atoms with Crippen molar-refractivity contribution in [1.82, 2.24) is 10.9 Å². The van der Waals surface area contributed by atoms with Crippen molar-refractivity contribution in [2.45, 2.75) is 26.7 Å². The maximum atomic E-state index is 12.1. The van der Waals surface area contributed by atoms with E-state index in [9.17, 15) is 14.4 Å². The highest BCUT2D eigenvalue weighted by Crippen LogP contribution is 2.22. The molecule has 2 N–H and O–H groups in total. The molecule has 27 heavy (non-hydrogen) atoms. The number of aryl methyl sites for hydroxylation is 2. The van der Waals surface area contributed by atoms with Crippen molar-refractivity contribution in [3.8, 4) is 11.8 Å². The van der Waals surface area contributed by atoms with Crippen LogP contribution in [0.2, 0.25) is 0 Å². The number of hydrogen-bond acceptors (Lipinski definition) is 6. The van der Waals surface area contributed by atoms with Gasteiger partial charge in [0.15, 0.2) is 12.4 Å². The van der Waals surface area contributed by atoms with Gasteiger partial charge in [0.1, 0.15) is 5.75 Å². The summed E-state index contributed by atoms with van der Waals surface area (Å²) >= 11 is 1.54. The van der Waals surface area contributed by atoms with E-state index in [-0.39, 0.29) is 25.2 Å². The minimum Gasteiger partial charge on any atom is -0.484 e. The number of nitrogens with one attached hydrogen (secondary N) is 2. The predicted octanol–water partition coefficient (Wildman–Crippen LogP) is 2.43. The average molecular weight is 385 g/mol. The lowest BCUT2D eigenvalue weighted by Crippen LogP contribution is -2.43. The number of benzene rings is 1.